The van der Waals surface area contributed by atoms with Gasteiger partial charge in [0.2, 0.25) is 0 Å². The Kier molecular flexibility index (Phi) is 7.68. The van der Waals surface area contributed by atoms with Gasteiger partial charge in [-0.3, -0.25) is 9.13 Å². The number of aliphatic hydroxyl groups excluding tert-OH is 3. The van der Waals surface area contributed by atoms with Gasteiger partial charge in [-0.05, 0) is 27.2 Å². The Labute approximate surface area is 168 Å². The minimum Gasteiger partial charge on any atom is -0.394 e. The summed E-state index contributed by atoms with van der Waals surface area (Å²) < 4.78 is 24.3. The van der Waals surface area contributed by atoms with E-state index >= 15 is 0 Å². The number of nitrogens with zero attached hydrogens (tertiary/aromatic N) is 4. The monoisotopic (exact) mass is 433 g/mol. The van der Waals surface area contributed by atoms with Crippen molar-refractivity contribution < 1.29 is 34.0 Å². The molecule has 12 nitrogen and oxygen atoms in total. The summed E-state index contributed by atoms with van der Waals surface area (Å²) in [5.41, 5.74) is -0.226. The Bertz CT molecular complexity index is 859. The lowest BCUT2D eigenvalue weighted by atomic mass is 10.1. The summed E-state index contributed by atoms with van der Waals surface area (Å²) >= 11 is 0. The molecular weight excluding hydrogens is 405 g/mol. The predicted octanol–water partition coefficient (Wildman–Crippen LogP) is 0.445. The molecule has 0 saturated heterocycles. The number of imidazole rings is 1. The van der Waals surface area contributed by atoms with E-state index in [2.05, 4.69) is 20.3 Å². The van der Waals surface area contributed by atoms with E-state index in [4.69, 9.17) is 9.26 Å². The highest BCUT2D eigenvalue weighted by Crippen LogP contribution is 2.50. The number of hydrogen-bond acceptors (Lipinski definition) is 10. The van der Waals surface area contributed by atoms with Crippen LogP contribution in [0.25, 0.3) is 11.2 Å². The van der Waals surface area contributed by atoms with E-state index in [9.17, 15) is 24.8 Å². The van der Waals surface area contributed by atoms with E-state index in [1.807, 2.05) is 0 Å². The maximum Gasteiger partial charge on any atom is 0.356 e. The molecule has 0 aliphatic carbocycles. The van der Waals surface area contributed by atoms with Gasteiger partial charge in [-0.2, -0.15) is 0 Å². The van der Waals surface area contributed by atoms with Crippen molar-refractivity contribution in [2.75, 3.05) is 25.6 Å². The molecule has 0 radical (unpaired) electrons. The van der Waals surface area contributed by atoms with Gasteiger partial charge in [0, 0.05) is 7.05 Å². The average molecular weight is 433 g/mol. The largest absolute Gasteiger partial charge is 0.394 e. The summed E-state index contributed by atoms with van der Waals surface area (Å²) in [6, 6.07) is 0. The molecule has 0 saturated carbocycles. The first kappa shape index (κ1) is 23.6. The zero-order valence-corrected chi connectivity index (χ0v) is 17.7. The van der Waals surface area contributed by atoms with E-state index in [1.54, 1.807) is 20.9 Å². The third-order valence-corrected chi connectivity index (χ3v) is 5.93. The molecule has 29 heavy (non-hydrogen) atoms. The topological polar surface area (TPSA) is 172 Å². The minimum atomic E-state index is -4.19. The fourth-order valence-corrected chi connectivity index (χ4v) is 3.54. The summed E-state index contributed by atoms with van der Waals surface area (Å²) in [6.45, 7) is 3.78. The Balaban J connectivity index is 2.16. The van der Waals surface area contributed by atoms with Gasteiger partial charge >= 0.3 is 7.60 Å². The van der Waals surface area contributed by atoms with Gasteiger partial charge in [-0.1, -0.05) is 0 Å². The molecule has 4 atom stereocenters. The van der Waals surface area contributed by atoms with Crippen LogP contribution in [0.5, 0.6) is 0 Å². The molecule has 0 fully saturated rings. The zero-order chi connectivity index (χ0) is 21.8. The SMILES string of the molecule is CNc1ncnc2c1ncn2[C@H](OCCC(C)(C)OP(=O)(O)C(C)O)[C@H](O)CO. The van der Waals surface area contributed by atoms with E-state index in [-0.39, 0.29) is 13.0 Å². The van der Waals surface area contributed by atoms with Gasteiger partial charge in [-0.15, -0.1) is 0 Å². The fraction of sp³-hybridized carbons (Fsp3) is 0.688. The van der Waals surface area contributed by atoms with Crippen molar-refractivity contribution in [1.82, 2.24) is 19.5 Å². The molecule has 2 aromatic rings. The third kappa shape index (κ3) is 5.70. The normalized spacial score (nSPS) is 17.7. The van der Waals surface area contributed by atoms with Gasteiger partial charge < -0.3 is 34.8 Å². The zero-order valence-electron chi connectivity index (χ0n) is 16.8. The molecule has 2 rings (SSSR count). The number of fused-ring (bicyclic) bond motifs is 1. The fourth-order valence-electron chi connectivity index (χ4n) is 2.59. The van der Waals surface area contributed by atoms with Crippen LogP contribution in [0.4, 0.5) is 5.82 Å². The van der Waals surface area contributed by atoms with E-state index in [0.29, 0.717) is 17.0 Å². The summed E-state index contributed by atoms with van der Waals surface area (Å²) in [4.78, 5) is 22.2. The second-order valence-electron chi connectivity index (χ2n) is 7.10. The van der Waals surface area contributed by atoms with Crippen LogP contribution in [0, 0.1) is 0 Å². The molecule has 2 heterocycles. The Morgan fingerprint density at radius 3 is 2.59 bits per heavy atom. The molecule has 0 aliphatic heterocycles. The van der Waals surface area contributed by atoms with Crippen LogP contribution in [-0.4, -0.2) is 77.5 Å². The van der Waals surface area contributed by atoms with Crippen molar-refractivity contribution in [3.8, 4) is 0 Å². The second kappa shape index (κ2) is 9.43. The van der Waals surface area contributed by atoms with Crippen molar-refractivity contribution in [2.45, 2.75) is 51.0 Å². The van der Waals surface area contributed by atoms with Crippen LogP contribution in [0.15, 0.2) is 12.7 Å². The molecule has 0 aliphatic rings. The molecule has 0 bridgehead atoms. The van der Waals surface area contributed by atoms with Crippen LogP contribution >= 0.6 is 7.60 Å². The van der Waals surface area contributed by atoms with Crippen LogP contribution in [0.3, 0.4) is 0 Å². The molecular formula is C16H28N5O7P. The van der Waals surface area contributed by atoms with Crippen molar-refractivity contribution in [2.24, 2.45) is 0 Å². The molecule has 5 N–H and O–H groups in total. The first-order valence-corrected chi connectivity index (χ1v) is 10.6. The first-order chi connectivity index (χ1) is 13.5. The number of hydrogen-bond donors (Lipinski definition) is 5. The summed E-state index contributed by atoms with van der Waals surface area (Å²) in [6.07, 6.45) is 0.632. The highest BCUT2D eigenvalue weighted by atomic mass is 31.2. The second-order valence-corrected chi connectivity index (χ2v) is 9.16. The molecule has 0 amide bonds. The molecule has 0 aromatic carbocycles. The van der Waals surface area contributed by atoms with E-state index < -0.39 is 38.0 Å². The lowest BCUT2D eigenvalue weighted by Crippen LogP contribution is -2.32. The standard InChI is InChI=1S/C16H28N5O7P/c1-10(23)29(25,26)28-16(2,3)5-6-27-15(11(24)7-22)21-9-20-12-13(17-4)18-8-19-14(12)21/h8-11,15,22-24H,5-7H2,1-4H3,(H,25,26)(H,17,18,19)/t10?,11-,15-/m1/s1. The Morgan fingerprint density at radius 2 is 2.00 bits per heavy atom. The van der Waals surface area contributed by atoms with Crippen molar-refractivity contribution >= 4 is 24.6 Å². The van der Waals surface area contributed by atoms with Gasteiger partial charge in [0.25, 0.3) is 0 Å². The number of anilines is 1. The summed E-state index contributed by atoms with van der Waals surface area (Å²) in [5, 5.41) is 31.9. The number of ether oxygens (including phenoxy) is 1. The van der Waals surface area contributed by atoms with Crippen LogP contribution in [-0.2, 0) is 13.8 Å². The lowest BCUT2D eigenvalue weighted by molar-refractivity contribution is -0.105. The van der Waals surface area contributed by atoms with Crippen molar-refractivity contribution in [1.29, 1.82) is 0 Å². The Morgan fingerprint density at radius 1 is 1.31 bits per heavy atom. The van der Waals surface area contributed by atoms with Crippen molar-refractivity contribution in [3.63, 3.8) is 0 Å². The average Bonchev–Trinajstić information content (AvgIpc) is 3.07. The van der Waals surface area contributed by atoms with Crippen molar-refractivity contribution in [3.05, 3.63) is 12.7 Å². The maximum atomic E-state index is 11.9. The number of aromatic nitrogens is 4. The number of aliphatic hydroxyl groups is 3. The smallest absolute Gasteiger partial charge is 0.356 e. The van der Waals surface area contributed by atoms with Crippen LogP contribution in [0.1, 0.15) is 33.4 Å². The summed E-state index contributed by atoms with van der Waals surface area (Å²) in [5.74, 6) is -1.03. The molecule has 164 valence electrons. The van der Waals surface area contributed by atoms with Gasteiger partial charge in [-0.25, -0.2) is 15.0 Å². The van der Waals surface area contributed by atoms with Crippen LogP contribution < -0.4 is 5.32 Å². The number of nitrogens with one attached hydrogen (secondary N) is 1. The highest BCUT2D eigenvalue weighted by molar-refractivity contribution is 7.53. The van der Waals surface area contributed by atoms with E-state index in [0.717, 1.165) is 0 Å². The lowest BCUT2D eigenvalue weighted by Gasteiger charge is -2.30. The maximum absolute atomic E-state index is 11.9. The Hall–Kier alpha value is -1.66. The molecule has 2 unspecified atom stereocenters. The molecule has 13 heteroatoms. The molecule has 2 aromatic heterocycles. The van der Waals surface area contributed by atoms with Crippen LogP contribution in [0.2, 0.25) is 0 Å². The van der Waals surface area contributed by atoms with Gasteiger partial charge in [0.15, 0.2) is 23.5 Å². The van der Waals surface area contributed by atoms with Gasteiger partial charge in [0.05, 0.1) is 25.1 Å². The molecule has 0 spiro atoms. The van der Waals surface area contributed by atoms with Gasteiger partial charge in [0.1, 0.15) is 17.9 Å². The predicted molar refractivity (Wildman–Crippen MR) is 104 cm³/mol. The quantitative estimate of drug-likeness (QED) is 0.311. The summed E-state index contributed by atoms with van der Waals surface area (Å²) in [7, 11) is -2.51. The van der Waals surface area contributed by atoms with E-state index in [1.165, 1.54) is 24.1 Å². The first-order valence-electron chi connectivity index (χ1n) is 8.99. The third-order valence-electron chi connectivity index (χ3n) is 4.23. The number of rotatable bonds is 11. The highest BCUT2D eigenvalue weighted by Gasteiger charge is 2.35. The minimum absolute atomic E-state index is 0.0121.